The molecular formula is C30H19FN6O6S. The predicted molar refractivity (Wildman–Crippen MR) is 162 cm³/mol. The van der Waals surface area contributed by atoms with E-state index in [-0.39, 0.29) is 51.2 Å². The molecule has 0 bridgehead atoms. The molecule has 6 rings (SSSR count). The fourth-order valence-corrected chi connectivity index (χ4v) is 4.98. The number of carbonyl (C=O) groups is 1. The van der Waals surface area contributed by atoms with Crippen LogP contribution in [0.5, 0.6) is 11.5 Å². The van der Waals surface area contributed by atoms with Crippen molar-refractivity contribution < 1.29 is 28.7 Å². The number of phenols is 2. The van der Waals surface area contributed by atoms with Crippen molar-refractivity contribution in [1.29, 1.82) is 0 Å². The first kappa shape index (κ1) is 28.0. The number of carbonyl (C=O) groups excluding carboxylic acids is 1. The number of aromatic hydroxyl groups is 2. The molecule has 44 heavy (non-hydrogen) atoms. The van der Waals surface area contributed by atoms with Crippen LogP contribution < -0.4 is 10.6 Å². The van der Waals surface area contributed by atoms with Crippen LogP contribution in [0.3, 0.4) is 0 Å². The molecule has 14 heteroatoms. The number of halogens is 1. The van der Waals surface area contributed by atoms with E-state index in [0.29, 0.717) is 16.3 Å². The van der Waals surface area contributed by atoms with Gasteiger partial charge in [0.2, 0.25) is 0 Å². The van der Waals surface area contributed by atoms with Gasteiger partial charge in [-0.2, -0.15) is 0 Å². The molecule has 0 aliphatic heterocycles. The summed E-state index contributed by atoms with van der Waals surface area (Å²) in [4.78, 5) is 36.5. The first-order chi connectivity index (χ1) is 21.2. The number of hydrogen-bond acceptors (Lipinski definition) is 11. The summed E-state index contributed by atoms with van der Waals surface area (Å²) < 4.78 is 20.5. The Morgan fingerprint density at radius 2 is 1.80 bits per heavy atom. The second kappa shape index (κ2) is 11.6. The van der Waals surface area contributed by atoms with Crippen molar-refractivity contribution in [3.8, 4) is 22.1 Å². The zero-order valence-electron chi connectivity index (χ0n) is 22.3. The van der Waals surface area contributed by atoms with Gasteiger partial charge in [-0.05, 0) is 66.7 Å². The second-order valence-electron chi connectivity index (χ2n) is 9.23. The summed E-state index contributed by atoms with van der Waals surface area (Å²) >= 11 is 1.15. The van der Waals surface area contributed by atoms with Crippen molar-refractivity contribution in [2.24, 2.45) is 0 Å². The highest BCUT2D eigenvalue weighted by Gasteiger charge is 2.18. The molecule has 0 aliphatic carbocycles. The third-order valence-electron chi connectivity index (χ3n) is 6.24. The van der Waals surface area contributed by atoms with Gasteiger partial charge in [-0.3, -0.25) is 14.9 Å². The number of rotatable bonds is 8. The van der Waals surface area contributed by atoms with Gasteiger partial charge in [0.15, 0.2) is 5.82 Å². The number of benzene rings is 3. The summed E-state index contributed by atoms with van der Waals surface area (Å²) in [6.45, 7) is 0. The minimum absolute atomic E-state index is 0.0147. The number of thiazole rings is 1. The number of fused-ring (bicyclic) bond motifs is 1. The third-order valence-corrected chi connectivity index (χ3v) is 7.12. The molecule has 4 N–H and O–H groups in total. The molecule has 218 valence electrons. The largest absolute Gasteiger partial charge is 0.508 e. The smallest absolute Gasteiger partial charge is 0.433 e. The zero-order valence-corrected chi connectivity index (χ0v) is 23.1. The van der Waals surface area contributed by atoms with Crippen molar-refractivity contribution >= 4 is 63.4 Å². The summed E-state index contributed by atoms with van der Waals surface area (Å²) in [5, 5.41) is 38.5. The number of furan rings is 1. The predicted octanol–water partition coefficient (Wildman–Crippen LogP) is 6.97. The molecule has 0 aliphatic rings. The van der Waals surface area contributed by atoms with Crippen molar-refractivity contribution in [2.75, 3.05) is 10.6 Å². The van der Waals surface area contributed by atoms with Gasteiger partial charge < -0.3 is 25.3 Å². The number of nitro groups is 1. The Kier molecular flexibility index (Phi) is 7.39. The molecule has 3 aromatic heterocycles. The molecule has 12 nitrogen and oxygen atoms in total. The molecule has 1 amide bonds. The number of nitrogens with zero attached hydrogens (tertiary/aromatic N) is 4. The van der Waals surface area contributed by atoms with E-state index in [0.717, 1.165) is 11.3 Å². The quantitative estimate of drug-likeness (QED) is 0.0799. The molecule has 0 saturated heterocycles. The minimum atomic E-state index is -0.759. The SMILES string of the molecule is O=C(Nc1cc2nc(C=Cc3ccc([N+](=O)[O-])o3)nc(Nc3ccc(O)cc3)c2cc1F)c1csc(-c2ccccc2O)n1. The van der Waals surface area contributed by atoms with Gasteiger partial charge in [-0.15, -0.1) is 11.3 Å². The molecule has 6 aromatic rings. The number of phenolic OH excluding ortho intramolecular Hbond substituents is 2. The summed E-state index contributed by atoms with van der Waals surface area (Å²) in [5.74, 6) is -1.24. The van der Waals surface area contributed by atoms with Crippen LogP contribution in [0.2, 0.25) is 0 Å². The average molecular weight is 611 g/mol. The Labute approximate surface area is 251 Å². The molecule has 0 fully saturated rings. The standard InChI is InChI=1S/C30H19FN6O6S/c31-21-13-20-22(14-23(21)34-29(40)24-15-44-30(35-24)19-3-1-2-4-25(19)39)33-26(11-9-18-10-12-27(43-18)37(41)42)36-28(20)32-16-5-7-17(38)8-6-16/h1-15,38-39H,(H,34,40)(H,32,33,36). The van der Waals surface area contributed by atoms with Gasteiger partial charge in [-0.1, -0.05) is 12.1 Å². The first-order valence-electron chi connectivity index (χ1n) is 12.8. The highest BCUT2D eigenvalue weighted by molar-refractivity contribution is 7.13. The summed E-state index contributed by atoms with van der Waals surface area (Å²) in [7, 11) is 0. The number of aromatic nitrogens is 3. The van der Waals surface area contributed by atoms with Crippen LogP contribution >= 0.6 is 11.3 Å². The Balaban J connectivity index is 1.34. The highest BCUT2D eigenvalue weighted by Crippen LogP contribution is 2.33. The molecule has 0 radical (unpaired) electrons. The van der Waals surface area contributed by atoms with Crippen LogP contribution in [0.4, 0.5) is 27.5 Å². The third kappa shape index (κ3) is 5.91. The van der Waals surface area contributed by atoms with Crippen LogP contribution in [-0.2, 0) is 0 Å². The lowest BCUT2D eigenvalue weighted by molar-refractivity contribution is -0.402. The number of amides is 1. The van der Waals surface area contributed by atoms with E-state index >= 15 is 4.39 Å². The molecule has 0 atom stereocenters. The van der Waals surface area contributed by atoms with Gasteiger partial charge in [0, 0.05) is 16.5 Å². The Morgan fingerprint density at radius 1 is 1.00 bits per heavy atom. The van der Waals surface area contributed by atoms with Gasteiger partial charge >= 0.3 is 5.88 Å². The van der Waals surface area contributed by atoms with Gasteiger partial charge in [0.05, 0.1) is 22.8 Å². The lowest BCUT2D eigenvalue weighted by Gasteiger charge is -2.12. The number of nitrogens with one attached hydrogen (secondary N) is 2. The van der Waals surface area contributed by atoms with Gasteiger partial charge in [0.1, 0.15) is 44.5 Å². The fourth-order valence-electron chi connectivity index (χ4n) is 4.14. The highest BCUT2D eigenvalue weighted by atomic mass is 32.1. The van der Waals surface area contributed by atoms with Crippen LogP contribution in [0.1, 0.15) is 22.1 Å². The first-order valence-corrected chi connectivity index (χ1v) is 13.7. The fraction of sp³-hybridized carbons (Fsp3) is 0. The van der Waals surface area contributed by atoms with Crippen molar-refractivity contribution in [1.82, 2.24) is 15.0 Å². The van der Waals surface area contributed by atoms with Gasteiger partial charge in [-0.25, -0.2) is 19.3 Å². The molecule has 3 aromatic carbocycles. The van der Waals surface area contributed by atoms with Gasteiger partial charge in [0.25, 0.3) is 5.91 Å². The van der Waals surface area contributed by atoms with Crippen molar-refractivity contribution in [2.45, 2.75) is 0 Å². The van der Waals surface area contributed by atoms with E-state index in [9.17, 15) is 25.1 Å². The number of hydrogen-bond donors (Lipinski definition) is 4. The van der Waals surface area contributed by atoms with E-state index in [2.05, 4.69) is 25.6 Å². The van der Waals surface area contributed by atoms with E-state index < -0.39 is 22.5 Å². The van der Waals surface area contributed by atoms with Crippen LogP contribution in [-0.4, -0.2) is 36.0 Å². The topological polar surface area (TPSA) is 177 Å². The average Bonchev–Trinajstić information content (AvgIpc) is 3.69. The van der Waals surface area contributed by atoms with Crippen LogP contribution in [0, 0.1) is 15.9 Å². The molecule has 0 unspecified atom stereocenters. The minimum Gasteiger partial charge on any atom is -0.508 e. The summed E-state index contributed by atoms with van der Waals surface area (Å²) in [5.41, 5.74) is 1.13. The lowest BCUT2D eigenvalue weighted by atomic mass is 10.1. The maximum atomic E-state index is 15.4. The van der Waals surface area contributed by atoms with E-state index in [4.69, 9.17) is 4.42 Å². The molecular weight excluding hydrogens is 591 g/mol. The van der Waals surface area contributed by atoms with Crippen molar-refractivity contribution in [3.05, 3.63) is 111 Å². The summed E-state index contributed by atoms with van der Waals surface area (Å²) in [6, 6.07) is 17.9. The molecule has 0 spiro atoms. The Bertz CT molecular complexity index is 2070. The maximum absolute atomic E-state index is 15.4. The van der Waals surface area contributed by atoms with E-state index in [1.54, 1.807) is 30.3 Å². The zero-order chi connectivity index (χ0) is 30.8. The monoisotopic (exact) mass is 610 g/mol. The second-order valence-corrected chi connectivity index (χ2v) is 10.1. The normalized spacial score (nSPS) is 11.2. The Hall–Kier alpha value is -6.15. The van der Waals surface area contributed by atoms with E-state index in [1.165, 1.54) is 60.0 Å². The molecule has 3 heterocycles. The maximum Gasteiger partial charge on any atom is 0.433 e. The number of para-hydroxylation sites is 1. The molecule has 0 saturated carbocycles. The van der Waals surface area contributed by atoms with E-state index in [1.807, 2.05) is 0 Å². The van der Waals surface area contributed by atoms with Crippen LogP contribution in [0.15, 0.2) is 82.6 Å². The van der Waals surface area contributed by atoms with Crippen LogP contribution in [0.25, 0.3) is 33.6 Å². The lowest BCUT2D eigenvalue weighted by Crippen LogP contribution is -2.13. The number of anilines is 3. The Morgan fingerprint density at radius 3 is 2.55 bits per heavy atom. The van der Waals surface area contributed by atoms with Crippen molar-refractivity contribution in [3.63, 3.8) is 0 Å². The summed E-state index contributed by atoms with van der Waals surface area (Å²) in [6.07, 6.45) is 2.90.